The van der Waals surface area contributed by atoms with Crippen LogP contribution in [-0.4, -0.2) is 66.8 Å². The Morgan fingerprint density at radius 3 is 1.87 bits per heavy atom. The van der Waals surface area contributed by atoms with Crippen LogP contribution in [0, 0.1) is 0 Å². The predicted molar refractivity (Wildman–Crippen MR) is 242 cm³/mol. The van der Waals surface area contributed by atoms with E-state index in [1.165, 1.54) is 0 Å². The van der Waals surface area contributed by atoms with Gasteiger partial charge >= 0.3 is 35.5 Å². The van der Waals surface area contributed by atoms with Crippen LogP contribution in [-0.2, 0) is 20.4 Å². The molecule has 2 aromatic carbocycles. The third-order valence-corrected chi connectivity index (χ3v) is 13.3. The van der Waals surface area contributed by atoms with Gasteiger partial charge < -0.3 is 38.9 Å². The van der Waals surface area contributed by atoms with Crippen LogP contribution in [0.1, 0.15) is 137 Å². The first-order valence-electron chi connectivity index (χ1n) is 22.6. The van der Waals surface area contributed by atoms with Crippen LogP contribution in [0.5, 0.6) is 23.0 Å². The molecule has 2 aromatic rings. The molecule has 5 rings (SSSR count). The van der Waals surface area contributed by atoms with E-state index < -0.39 is 11.9 Å². The second-order valence-corrected chi connectivity index (χ2v) is 16.3. The molecule has 10 nitrogen and oxygen atoms in total. The molecule has 2 heterocycles. The molecular weight excluding hydrogens is 815 g/mol. The van der Waals surface area contributed by atoms with Crippen molar-refractivity contribution in [3.8, 4) is 23.0 Å². The summed E-state index contributed by atoms with van der Waals surface area (Å²) in [6.45, 7) is 19.7. The topological polar surface area (TPSA) is 121 Å². The maximum atomic E-state index is 11.7. The first-order chi connectivity index (χ1) is 29.4. The maximum absolute atomic E-state index is 11.7. The molecule has 0 bridgehead atoms. The van der Waals surface area contributed by atoms with Crippen molar-refractivity contribution < 1.29 is 72.9 Å². The minimum absolute atomic E-state index is 0. The molecule has 1 N–H and O–H groups in total. The summed E-state index contributed by atoms with van der Waals surface area (Å²) in [5.74, 6) is 0.908. The zero-order chi connectivity index (χ0) is 44.3. The van der Waals surface area contributed by atoms with Crippen LogP contribution in [0.2, 0.25) is 0 Å². The summed E-state index contributed by atoms with van der Waals surface area (Å²) >= 11 is 7.40. The van der Waals surface area contributed by atoms with E-state index in [1.54, 1.807) is 0 Å². The van der Waals surface area contributed by atoms with Crippen LogP contribution in [0.25, 0.3) is 0 Å². The smallest absolute Gasteiger partial charge is 0.550 e. The quantitative estimate of drug-likeness (QED) is 0.0897. The van der Waals surface area contributed by atoms with Crippen molar-refractivity contribution >= 4 is 40.6 Å². The Bertz CT molecular complexity index is 2080. The number of carboxylic acids is 2. The van der Waals surface area contributed by atoms with E-state index >= 15 is 0 Å². The number of carboxylic acid groups (broad SMARTS) is 2. The number of hydrogen-bond donors (Lipinski definition) is 1. The van der Waals surface area contributed by atoms with Crippen LogP contribution in [0.3, 0.4) is 0 Å². The van der Waals surface area contributed by atoms with Gasteiger partial charge in [-0.05, 0) is 120 Å². The number of ether oxygens (including phenoxy) is 4. The van der Waals surface area contributed by atoms with Crippen LogP contribution < -0.4 is 58.5 Å². The van der Waals surface area contributed by atoms with E-state index in [-0.39, 0.29) is 53.2 Å². The van der Waals surface area contributed by atoms with Gasteiger partial charge in [-0.25, -0.2) is 0 Å². The number of allylic oxidation sites excluding steroid dienone is 8. The van der Waals surface area contributed by atoms with Gasteiger partial charge in [-0.2, -0.15) is 4.58 Å². The van der Waals surface area contributed by atoms with E-state index in [2.05, 4.69) is 85.7 Å². The Kier molecular flexibility index (Phi) is 19.1. The van der Waals surface area contributed by atoms with Crippen molar-refractivity contribution in [2.24, 2.45) is 0 Å². The molecule has 62 heavy (non-hydrogen) atoms. The molecule has 0 aromatic heterocycles. The number of benzene rings is 2. The molecule has 0 radical (unpaired) electrons. The number of carbonyl (C=O) groups is 2. The van der Waals surface area contributed by atoms with Crippen molar-refractivity contribution in [1.82, 2.24) is 0 Å². The molecule has 0 saturated heterocycles. The molecule has 12 heteroatoms. The van der Waals surface area contributed by atoms with Crippen molar-refractivity contribution in [2.75, 3.05) is 44.4 Å². The van der Waals surface area contributed by atoms with Gasteiger partial charge in [-0.3, -0.25) is 4.79 Å². The molecule has 1 aliphatic carbocycles. The second kappa shape index (κ2) is 23.3. The number of rotatable bonds is 23. The summed E-state index contributed by atoms with van der Waals surface area (Å²) in [4.78, 5) is 25.5. The zero-order valence-electron chi connectivity index (χ0n) is 38.7. The van der Waals surface area contributed by atoms with Crippen molar-refractivity contribution in [3.63, 3.8) is 0 Å². The monoisotopic (exact) mass is 881 g/mol. The fraction of sp³-hybridized carbons (Fsp3) is 0.540. The van der Waals surface area contributed by atoms with Gasteiger partial charge in [-0.15, -0.1) is 0 Å². The molecule has 3 aliphatic rings. The minimum Gasteiger partial charge on any atom is -0.550 e. The summed E-state index contributed by atoms with van der Waals surface area (Å²) in [6.07, 6.45) is 15.6. The van der Waals surface area contributed by atoms with E-state index in [9.17, 15) is 19.8 Å². The van der Waals surface area contributed by atoms with Crippen molar-refractivity contribution in [3.05, 3.63) is 81.6 Å². The second-order valence-electron chi connectivity index (χ2n) is 15.9. The minimum atomic E-state index is -1.06. The molecule has 332 valence electrons. The number of hydrogen-bond acceptors (Lipinski definition) is 8. The SMILES string of the molecule is CCOc1cc2c(cc1OCC)C(CC)(CC)/C(=C/C=C1\CCCC(/C=C/C3=[N+](CCCC(=O)[O-])c4cc(OCC)c(OCC)cc4C3(CC)CC)=C1Cl)N2CCCC(=O)O.[Na+]. The number of anilines is 1. The van der Waals surface area contributed by atoms with Gasteiger partial charge in [0.15, 0.2) is 28.7 Å². The van der Waals surface area contributed by atoms with Crippen LogP contribution >= 0.6 is 11.6 Å². The predicted octanol–water partition coefficient (Wildman–Crippen LogP) is 7.46. The fourth-order valence-corrected chi connectivity index (χ4v) is 10.1. The normalized spacial score (nSPS) is 17.7. The van der Waals surface area contributed by atoms with Crippen molar-refractivity contribution in [2.45, 2.75) is 137 Å². The molecule has 0 spiro atoms. The summed E-state index contributed by atoms with van der Waals surface area (Å²) in [5, 5.41) is 21.9. The summed E-state index contributed by atoms with van der Waals surface area (Å²) in [5.41, 5.74) is 7.99. The molecule has 0 atom stereocenters. The van der Waals surface area contributed by atoms with Crippen molar-refractivity contribution in [1.29, 1.82) is 0 Å². The Labute approximate surface area is 397 Å². The Morgan fingerprint density at radius 1 is 0.758 bits per heavy atom. The summed E-state index contributed by atoms with van der Waals surface area (Å²) < 4.78 is 26.6. The first kappa shape index (κ1) is 50.9. The average Bonchev–Trinajstić information content (AvgIpc) is 3.64. The number of aliphatic carboxylic acids is 2. The van der Waals surface area contributed by atoms with E-state index in [0.717, 1.165) is 101 Å². The Hall–Kier alpha value is -3.70. The van der Waals surface area contributed by atoms with Gasteiger partial charge in [0.25, 0.3) is 0 Å². The number of fused-ring (bicyclic) bond motifs is 2. The van der Waals surface area contributed by atoms with Crippen LogP contribution in [0.4, 0.5) is 11.4 Å². The number of nitrogens with zero attached hydrogens (tertiary/aromatic N) is 2. The molecule has 2 aliphatic heterocycles. The molecule has 0 unspecified atom stereocenters. The van der Waals surface area contributed by atoms with E-state index in [4.69, 9.17) is 30.5 Å². The first-order valence-corrected chi connectivity index (χ1v) is 23.0. The van der Waals surface area contributed by atoms with Gasteiger partial charge in [0, 0.05) is 64.9 Å². The molecule has 0 saturated carbocycles. The Balaban J connectivity index is 0.00000845. The molecule has 0 fully saturated rings. The number of halogens is 1. The summed E-state index contributed by atoms with van der Waals surface area (Å²) in [7, 11) is 0. The maximum Gasteiger partial charge on any atom is 1.00 e. The zero-order valence-corrected chi connectivity index (χ0v) is 41.5. The number of carbonyl (C=O) groups excluding carboxylic acids is 1. The standard InChI is InChI=1S/C50H67ClN2O8.Na/c1-9-49(10-2)36-30-40(58-13-5)42(60-15-7)32-38(36)52(28-18-22-46(54)55)44(49)26-24-34-20-17-21-35(48(34)51)25-27-45-50(11-3,12-4)37-31-41(59-14-6)43(61-16-8)33-39(37)53(45)29-19-23-47(56)57;/h24-27,30-33H,9-23,28-29H2,1-8H3,(H-,54,55,56,57);/q;+1. The summed E-state index contributed by atoms with van der Waals surface area (Å²) in [6, 6.07) is 8.38. The largest absolute Gasteiger partial charge is 1.00 e. The third-order valence-electron chi connectivity index (χ3n) is 12.8. The molecule has 0 amide bonds. The van der Waals surface area contributed by atoms with Gasteiger partial charge in [0.05, 0.1) is 37.9 Å². The fourth-order valence-electron chi connectivity index (χ4n) is 9.74. The average molecular weight is 883 g/mol. The third kappa shape index (κ3) is 10.5. The van der Waals surface area contributed by atoms with E-state index in [1.807, 2.05) is 27.7 Å². The van der Waals surface area contributed by atoms with E-state index in [0.29, 0.717) is 69.6 Å². The Morgan fingerprint density at radius 2 is 1.32 bits per heavy atom. The van der Waals surface area contributed by atoms with Gasteiger partial charge in [-0.1, -0.05) is 51.4 Å². The van der Waals surface area contributed by atoms with Gasteiger partial charge in [0.2, 0.25) is 5.69 Å². The molecular formula is C50H67ClN2NaO8+. The van der Waals surface area contributed by atoms with Gasteiger partial charge in [0.1, 0.15) is 6.54 Å². The van der Waals surface area contributed by atoms with Crippen LogP contribution in [0.15, 0.2) is 70.4 Å².